The summed E-state index contributed by atoms with van der Waals surface area (Å²) in [6.07, 6.45) is 1.01. The highest BCUT2D eigenvalue weighted by Gasteiger charge is 2.31. The van der Waals surface area contributed by atoms with Crippen LogP contribution in [0.25, 0.3) is 0 Å². The Bertz CT molecular complexity index is 646. The smallest absolute Gasteiger partial charge is 0.183 e. The third-order valence-corrected chi connectivity index (χ3v) is 6.45. The first kappa shape index (κ1) is 15.1. The molecule has 1 aromatic heterocycles. The molecular weight excluding hydrogens is 298 g/mol. The second-order valence-electron chi connectivity index (χ2n) is 4.74. The molecule has 1 aliphatic heterocycles. The fourth-order valence-corrected chi connectivity index (χ4v) is 4.93. The lowest BCUT2D eigenvalue weighted by molar-refractivity contribution is 0.154. The SMILES string of the molecule is CCS(=O)(=O)c1c(N2CCCC(O)C2)sc(C#N)c1N. The van der Waals surface area contributed by atoms with Crippen molar-refractivity contribution in [2.75, 3.05) is 29.5 Å². The van der Waals surface area contributed by atoms with Crippen molar-refractivity contribution in [3.63, 3.8) is 0 Å². The summed E-state index contributed by atoms with van der Waals surface area (Å²) in [4.78, 5) is 2.08. The average Bonchev–Trinajstić information content (AvgIpc) is 2.76. The number of aliphatic hydroxyl groups excluding tert-OH is 1. The van der Waals surface area contributed by atoms with Gasteiger partial charge < -0.3 is 15.7 Å². The molecular formula is C12H17N3O3S2. The molecule has 3 N–H and O–H groups in total. The van der Waals surface area contributed by atoms with Crippen molar-refractivity contribution < 1.29 is 13.5 Å². The summed E-state index contributed by atoms with van der Waals surface area (Å²) >= 11 is 1.09. The van der Waals surface area contributed by atoms with E-state index < -0.39 is 15.9 Å². The summed E-state index contributed by atoms with van der Waals surface area (Å²) in [6.45, 7) is 2.58. The molecule has 2 heterocycles. The van der Waals surface area contributed by atoms with E-state index in [1.165, 1.54) is 0 Å². The van der Waals surface area contributed by atoms with Gasteiger partial charge in [-0.3, -0.25) is 0 Å². The van der Waals surface area contributed by atoms with Crippen LogP contribution < -0.4 is 10.6 Å². The molecule has 0 spiro atoms. The molecule has 1 atom stereocenters. The van der Waals surface area contributed by atoms with Crippen molar-refractivity contribution in [3.8, 4) is 6.07 Å². The van der Waals surface area contributed by atoms with E-state index >= 15 is 0 Å². The Hall–Kier alpha value is -1.30. The number of sulfone groups is 1. The predicted octanol–water partition coefficient (Wildman–Crippen LogP) is 0.957. The maximum atomic E-state index is 12.2. The van der Waals surface area contributed by atoms with Gasteiger partial charge in [-0.05, 0) is 12.8 Å². The zero-order chi connectivity index (χ0) is 14.9. The van der Waals surface area contributed by atoms with Crippen molar-refractivity contribution in [2.24, 2.45) is 0 Å². The molecule has 0 aliphatic carbocycles. The van der Waals surface area contributed by atoms with Crippen LogP contribution in [0.15, 0.2) is 4.90 Å². The molecule has 0 bridgehead atoms. The highest BCUT2D eigenvalue weighted by molar-refractivity contribution is 7.91. The van der Waals surface area contributed by atoms with Crippen molar-refractivity contribution in [3.05, 3.63) is 4.88 Å². The Balaban J connectivity index is 2.55. The van der Waals surface area contributed by atoms with Gasteiger partial charge in [0.15, 0.2) is 9.84 Å². The number of nitrogen functional groups attached to an aromatic ring is 1. The largest absolute Gasteiger partial charge is 0.396 e. The van der Waals surface area contributed by atoms with Gasteiger partial charge in [0, 0.05) is 13.1 Å². The van der Waals surface area contributed by atoms with E-state index in [9.17, 15) is 13.5 Å². The molecule has 0 radical (unpaired) electrons. The molecule has 20 heavy (non-hydrogen) atoms. The monoisotopic (exact) mass is 315 g/mol. The third-order valence-electron chi connectivity index (χ3n) is 3.36. The van der Waals surface area contributed by atoms with Gasteiger partial charge in [-0.1, -0.05) is 6.92 Å². The number of thiophene rings is 1. The topological polar surface area (TPSA) is 107 Å². The lowest BCUT2D eigenvalue weighted by Gasteiger charge is -2.31. The molecule has 1 aliphatic rings. The number of hydrogen-bond donors (Lipinski definition) is 2. The number of nitrogens with two attached hydrogens (primary N) is 1. The van der Waals surface area contributed by atoms with Crippen molar-refractivity contribution >= 4 is 31.9 Å². The fraction of sp³-hybridized carbons (Fsp3) is 0.583. The zero-order valence-electron chi connectivity index (χ0n) is 11.2. The Kier molecular flexibility index (Phi) is 4.22. The second kappa shape index (κ2) is 5.60. The zero-order valence-corrected chi connectivity index (χ0v) is 12.8. The minimum Gasteiger partial charge on any atom is -0.396 e. The van der Waals surface area contributed by atoms with Crippen LogP contribution in [-0.4, -0.2) is 38.5 Å². The lowest BCUT2D eigenvalue weighted by Crippen LogP contribution is -2.38. The fourth-order valence-electron chi connectivity index (χ4n) is 2.29. The minimum atomic E-state index is -3.50. The van der Waals surface area contributed by atoms with E-state index in [-0.39, 0.29) is 21.2 Å². The molecule has 1 fully saturated rings. The molecule has 1 unspecified atom stereocenters. The molecule has 2 rings (SSSR count). The van der Waals surface area contributed by atoms with Crippen LogP contribution in [0.3, 0.4) is 0 Å². The molecule has 0 amide bonds. The number of rotatable bonds is 3. The van der Waals surface area contributed by atoms with Gasteiger partial charge in [0.25, 0.3) is 0 Å². The Labute approximate surface area is 122 Å². The normalized spacial score (nSPS) is 19.9. The van der Waals surface area contributed by atoms with Gasteiger partial charge in [0.05, 0.1) is 17.5 Å². The van der Waals surface area contributed by atoms with E-state index in [2.05, 4.69) is 0 Å². The van der Waals surface area contributed by atoms with Crippen LogP contribution in [0.5, 0.6) is 0 Å². The Morgan fingerprint density at radius 1 is 1.60 bits per heavy atom. The number of nitrogens with zero attached hydrogens (tertiary/aromatic N) is 2. The first-order chi connectivity index (χ1) is 9.40. The third kappa shape index (κ3) is 2.61. The number of piperidine rings is 1. The van der Waals surface area contributed by atoms with Crippen molar-refractivity contribution in [2.45, 2.75) is 30.8 Å². The number of aliphatic hydroxyl groups is 1. The van der Waals surface area contributed by atoms with Gasteiger partial charge >= 0.3 is 0 Å². The maximum absolute atomic E-state index is 12.2. The number of anilines is 2. The molecule has 1 saturated heterocycles. The Morgan fingerprint density at radius 3 is 2.85 bits per heavy atom. The van der Waals surface area contributed by atoms with E-state index in [1.807, 2.05) is 11.0 Å². The van der Waals surface area contributed by atoms with Crippen LogP contribution in [0.2, 0.25) is 0 Å². The number of hydrogen-bond acceptors (Lipinski definition) is 7. The van der Waals surface area contributed by atoms with Crippen LogP contribution in [0, 0.1) is 11.3 Å². The van der Waals surface area contributed by atoms with E-state index in [0.717, 1.165) is 17.8 Å². The summed E-state index contributed by atoms with van der Waals surface area (Å²) in [6, 6.07) is 1.94. The summed E-state index contributed by atoms with van der Waals surface area (Å²) in [5.74, 6) is -0.0673. The number of nitriles is 1. The number of β-amino-alcohol motifs (C(OH)–C–C–N with tert-alkyl or cyclic N) is 1. The lowest BCUT2D eigenvalue weighted by atomic mass is 10.1. The first-order valence-electron chi connectivity index (χ1n) is 6.38. The maximum Gasteiger partial charge on any atom is 0.183 e. The Morgan fingerprint density at radius 2 is 2.30 bits per heavy atom. The summed E-state index contributed by atoms with van der Waals surface area (Å²) < 4.78 is 24.4. The van der Waals surface area contributed by atoms with Crippen molar-refractivity contribution in [1.82, 2.24) is 0 Å². The van der Waals surface area contributed by atoms with Crippen LogP contribution >= 0.6 is 11.3 Å². The standard InChI is InChI=1S/C12H17N3O3S2/c1-2-20(17,18)11-10(14)9(6-13)19-12(11)15-5-3-4-8(16)7-15/h8,16H,2-5,7,14H2,1H3. The first-order valence-corrected chi connectivity index (χ1v) is 8.85. The molecule has 0 aromatic carbocycles. The molecule has 0 saturated carbocycles. The predicted molar refractivity (Wildman–Crippen MR) is 78.6 cm³/mol. The summed E-state index contributed by atoms with van der Waals surface area (Å²) in [5.41, 5.74) is 5.87. The molecule has 110 valence electrons. The van der Waals surface area contributed by atoms with Crippen LogP contribution in [0.1, 0.15) is 24.6 Å². The minimum absolute atomic E-state index is 0.0365. The molecule has 8 heteroatoms. The highest BCUT2D eigenvalue weighted by Crippen LogP contribution is 2.42. The van der Waals surface area contributed by atoms with Gasteiger partial charge in [-0.25, -0.2) is 8.42 Å². The second-order valence-corrected chi connectivity index (χ2v) is 7.95. The van der Waals surface area contributed by atoms with Gasteiger partial charge in [-0.15, -0.1) is 11.3 Å². The van der Waals surface area contributed by atoms with Gasteiger partial charge in [0.1, 0.15) is 20.8 Å². The van der Waals surface area contributed by atoms with Gasteiger partial charge in [-0.2, -0.15) is 5.26 Å². The summed E-state index contributed by atoms with van der Waals surface area (Å²) in [7, 11) is -3.50. The van der Waals surface area contributed by atoms with Gasteiger partial charge in [0.2, 0.25) is 0 Å². The van der Waals surface area contributed by atoms with E-state index in [0.29, 0.717) is 24.5 Å². The van der Waals surface area contributed by atoms with E-state index in [1.54, 1.807) is 6.92 Å². The summed E-state index contributed by atoms with van der Waals surface area (Å²) in [5, 5.41) is 19.3. The molecule has 1 aromatic rings. The highest BCUT2D eigenvalue weighted by atomic mass is 32.2. The molecule has 6 nitrogen and oxygen atoms in total. The average molecular weight is 315 g/mol. The quantitative estimate of drug-likeness (QED) is 0.860. The van der Waals surface area contributed by atoms with Crippen molar-refractivity contribution in [1.29, 1.82) is 5.26 Å². The van der Waals surface area contributed by atoms with E-state index in [4.69, 9.17) is 11.0 Å². The van der Waals surface area contributed by atoms with Crippen LogP contribution in [-0.2, 0) is 9.84 Å². The van der Waals surface area contributed by atoms with Crippen LogP contribution in [0.4, 0.5) is 10.7 Å².